The van der Waals surface area contributed by atoms with Crippen molar-refractivity contribution in [1.29, 1.82) is 0 Å². The zero-order valence-corrected chi connectivity index (χ0v) is 9.05. The summed E-state index contributed by atoms with van der Waals surface area (Å²) in [5.41, 5.74) is 0. The molecule has 0 amide bonds. The maximum absolute atomic E-state index is 4.79. The van der Waals surface area contributed by atoms with Crippen molar-refractivity contribution in [2.75, 3.05) is 7.11 Å². The van der Waals surface area contributed by atoms with E-state index in [4.69, 9.17) is 4.74 Å². The molecular weight excluding hydrogens is 181 g/mol. The monoisotopic (exact) mass is 187 g/mol. The van der Waals surface area contributed by atoms with Crippen LogP contribution < -0.4 is 4.74 Å². The number of hydrogen-bond acceptors (Lipinski definition) is 3. The van der Waals surface area contributed by atoms with E-state index in [2.05, 4.69) is 16.2 Å². The van der Waals surface area contributed by atoms with Crippen LogP contribution in [0, 0.1) is 13.1 Å². The predicted molar refractivity (Wildman–Crippen MR) is 32.2 cm³/mol. The second kappa shape index (κ2) is 4.34. The van der Waals surface area contributed by atoms with Crippen LogP contribution in [0.4, 0.5) is 0 Å². The van der Waals surface area contributed by atoms with Crippen molar-refractivity contribution in [3.05, 3.63) is 18.2 Å². The Bertz CT molecular complexity index is 187. The fourth-order valence-electron chi connectivity index (χ4n) is 0.444. The van der Waals surface area contributed by atoms with E-state index in [1.165, 1.54) is 0 Å². The molecule has 0 saturated heterocycles. The Hall–Kier alpha value is -0.497. The summed E-state index contributed by atoms with van der Waals surface area (Å²) in [6.07, 6.45) is 4.24. The second-order valence-corrected chi connectivity index (χ2v) is 1.60. The van der Waals surface area contributed by atoms with Crippen LogP contribution in [0.15, 0.2) is 6.20 Å². The van der Waals surface area contributed by atoms with Gasteiger partial charge in [0.25, 0.3) is 0 Å². The zero-order chi connectivity index (χ0) is 6.69. The third-order valence-electron chi connectivity index (χ3n) is 0.916. The number of aryl methyl sites for hydroxylation is 1. The van der Waals surface area contributed by atoms with Gasteiger partial charge in [-0.2, -0.15) is 0 Å². The van der Waals surface area contributed by atoms with E-state index in [9.17, 15) is 0 Å². The van der Waals surface area contributed by atoms with Gasteiger partial charge in [0.15, 0.2) is 0 Å². The zero-order valence-electron chi connectivity index (χ0n) is 6.09. The first kappa shape index (κ1) is 9.50. The molecule has 0 saturated carbocycles. The van der Waals surface area contributed by atoms with Crippen LogP contribution in [-0.2, 0) is 19.5 Å². The van der Waals surface area contributed by atoms with Gasteiger partial charge in [0.05, 0.1) is 7.11 Å². The molecule has 50 valence electrons. The predicted octanol–water partition coefficient (Wildman–Crippen LogP) is 0.591. The third-order valence-corrected chi connectivity index (χ3v) is 0.916. The summed E-state index contributed by atoms with van der Waals surface area (Å²) in [4.78, 5) is 7.67. The van der Waals surface area contributed by atoms with Crippen LogP contribution in [0.2, 0.25) is 0 Å². The molecule has 0 aliphatic rings. The van der Waals surface area contributed by atoms with Crippen molar-refractivity contribution in [2.45, 2.75) is 6.92 Å². The first-order valence-corrected chi connectivity index (χ1v) is 2.58. The smallest absolute Gasteiger partial charge is 0.0745 e. The van der Waals surface area contributed by atoms with E-state index >= 15 is 0 Å². The summed E-state index contributed by atoms with van der Waals surface area (Å²) in [5, 5.41) is 0. The molecule has 0 N–H and O–H groups in total. The van der Waals surface area contributed by atoms with E-state index in [1.54, 1.807) is 20.2 Å². The van der Waals surface area contributed by atoms with Gasteiger partial charge in [-0.1, -0.05) is 6.92 Å². The Labute approximate surface area is 72.6 Å². The van der Waals surface area contributed by atoms with Gasteiger partial charge < -0.3 is 14.7 Å². The number of rotatable bonds is 1. The molecule has 0 spiro atoms. The topological polar surface area (TPSA) is 35.0 Å². The minimum absolute atomic E-state index is 0. The molecule has 0 bridgehead atoms. The molecule has 1 heterocycles. The third kappa shape index (κ3) is 2.40. The summed E-state index contributed by atoms with van der Waals surface area (Å²) < 4.78 is 4.79. The van der Waals surface area contributed by atoms with Gasteiger partial charge in [-0.05, 0) is 12.4 Å². The molecule has 0 aromatic carbocycles. The van der Waals surface area contributed by atoms with Crippen LogP contribution in [0.3, 0.4) is 0 Å². The van der Waals surface area contributed by atoms with Gasteiger partial charge >= 0.3 is 0 Å². The SMILES string of the molecule is COc1[c-]nc(C)nc1.[Zn]. The van der Waals surface area contributed by atoms with Crippen molar-refractivity contribution < 1.29 is 24.2 Å². The summed E-state index contributed by atoms with van der Waals surface area (Å²) in [6.45, 7) is 1.80. The molecular formula is C6H7N2OZn-. The van der Waals surface area contributed by atoms with Crippen molar-refractivity contribution in [2.24, 2.45) is 0 Å². The van der Waals surface area contributed by atoms with Crippen LogP contribution in [-0.4, -0.2) is 17.1 Å². The minimum Gasteiger partial charge on any atom is -0.520 e. The number of nitrogens with zero attached hydrogens (tertiary/aromatic N) is 2. The van der Waals surface area contributed by atoms with E-state index < -0.39 is 0 Å². The Morgan fingerprint density at radius 2 is 2.30 bits per heavy atom. The average Bonchev–Trinajstić information content (AvgIpc) is 1.90. The summed E-state index contributed by atoms with van der Waals surface area (Å²) in [6, 6.07) is 0. The van der Waals surface area contributed by atoms with E-state index in [0.29, 0.717) is 11.6 Å². The second-order valence-electron chi connectivity index (χ2n) is 1.60. The standard InChI is InChI=1S/C6H7N2O.Zn/c1-5-7-3-6(9-2)4-8-5;/h3H,1-2H3;/q-1;. The molecule has 4 heteroatoms. The molecule has 0 atom stereocenters. The van der Waals surface area contributed by atoms with Crippen molar-refractivity contribution in [3.63, 3.8) is 0 Å². The van der Waals surface area contributed by atoms with Crippen LogP contribution in [0.5, 0.6) is 5.75 Å². The summed E-state index contributed by atoms with van der Waals surface area (Å²) in [7, 11) is 1.56. The fourth-order valence-corrected chi connectivity index (χ4v) is 0.444. The first-order chi connectivity index (χ1) is 4.33. The van der Waals surface area contributed by atoms with E-state index in [0.717, 1.165) is 0 Å². The average molecular weight is 189 g/mol. The number of methoxy groups -OCH3 is 1. The van der Waals surface area contributed by atoms with Gasteiger partial charge in [0.1, 0.15) is 0 Å². The molecule has 0 aliphatic heterocycles. The molecule has 3 nitrogen and oxygen atoms in total. The maximum Gasteiger partial charge on any atom is 0.0745 e. The Balaban J connectivity index is 0.000000810. The van der Waals surface area contributed by atoms with E-state index in [1.807, 2.05) is 0 Å². The molecule has 10 heavy (non-hydrogen) atoms. The number of ether oxygens (including phenoxy) is 1. The maximum atomic E-state index is 4.79. The quantitative estimate of drug-likeness (QED) is 0.478. The Morgan fingerprint density at radius 3 is 2.70 bits per heavy atom. The van der Waals surface area contributed by atoms with Gasteiger partial charge in [-0.25, -0.2) is 0 Å². The van der Waals surface area contributed by atoms with Crippen molar-refractivity contribution in [1.82, 2.24) is 9.97 Å². The largest absolute Gasteiger partial charge is 0.520 e. The normalized spacial score (nSPS) is 8.20. The molecule has 1 aromatic heterocycles. The Morgan fingerprint density at radius 1 is 1.60 bits per heavy atom. The minimum atomic E-state index is 0. The molecule has 0 aliphatic carbocycles. The first-order valence-electron chi connectivity index (χ1n) is 2.58. The Kier molecular flexibility index (Phi) is 4.12. The van der Waals surface area contributed by atoms with Crippen molar-refractivity contribution >= 4 is 0 Å². The number of hydrogen-bond donors (Lipinski definition) is 0. The van der Waals surface area contributed by atoms with E-state index in [-0.39, 0.29) is 19.5 Å². The van der Waals surface area contributed by atoms with Crippen LogP contribution >= 0.6 is 0 Å². The van der Waals surface area contributed by atoms with Crippen molar-refractivity contribution in [3.8, 4) is 5.75 Å². The van der Waals surface area contributed by atoms with Gasteiger partial charge in [0.2, 0.25) is 0 Å². The van der Waals surface area contributed by atoms with Crippen LogP contribution in [0.25, 0.3) is 0 Å². The summed E-state index contributed by atoms with van der Waals surface area (Å²) >= 11 is 0. The van der Waals surface area contributed by atoms with Gasteiger partial charge in [-0.15, -0.1) is 0 Å². The molecule has 0 radical (unpaired) electrons. The molecule has 0 unspecified atom stereocenters. The van der Waals surface area contributed by atoms with Gasteiger partial charge in [0, 0.05) is 31.1 Å². The molecule has 1 rings (SSSR count). The number of aromatic nitrogens is 2. The molecule has 1 aromatic rings. The van der Waals surface area contributed by atoms with Gasteiger partial charge in [-0.3, -0.25) is 0 Å². The fraction of sp³-hybridized carbons (Fsp3) is 0.333. The van der Waals surface area contributed by atoms with Crippen LogP contribution in [0.1, 0.15) is 5.82 Å². The summed E-state index contributed by atoms with van der Waals surface area (Å²) in [5.74, 6) is 1.27. The molecule has 0 fully saturated rings.